The van der Waals surface area contributed by atoms with E-state index in [2.05, 4.69) is 53.7 Å². The summed E-state index contributed by atoms with van der Waals surface area (Å²) in [5.41, 5.74) is 2.15. The molecule has 2 aliphatic rings. The van der Waals surface area contributed by atoms with Crippen molar-refractivity contribution >= 4 is 12.6 Å². The summed E-state index contributed by atoms with van der Waals surface area (Å²) in [6.07, 6.45) is 7.45. The minimum absolute atomic E-state index is 0.111. The van der Waals surface area contributed by atoms with E-state index in [0.29, 0.717) is 0 Å². The van der Waals surface area contributed by atoms with Gasteiger partial charge in [-0.05, 0) is 68.3 Å². The predicted molar refractivity (Wildman–Crippen MR) is 114 cm³/mol. The number of ether oxygens (including phenoxy) is 2. The molecule has 0 bridgehead atoms. The number of hydrogen-bond acceptors (Lipinski definition) is 5. The van der Waals surface area contributed by atoms with Gasteiger partial charge in [0.2, 0.25) is 0 Å². The summed E-state index contributed by atoms with van der Waals surface area (Å²) >= 11 is 4.13. The number of nitrogens with zero attached hydrogens (tertiary/aromatic N) is 1. The average molecular weight is 389 g/mol. The van der Waals surface area contributed by atoms with Crippen LogP contribution in [0.1, 0.15) is 37.7 Å². The van der Waals surface area contributed by atoms with Crippen molar-refractivity contribution < 1.29 is 9.47 Å². The van der Waals surface area contributed by atoms with Gasteiger partial charge in [0.1, 0.15) is 5.75 Å². The fraction of sp³-hybridized carbons (Fsp3) is 0.545. The molecule has 0 spiro atoms. The van der Waals surface area contributed by atoms with Crippen molar-refractivity contribution in [2.24, 2.45) is 0 Å². The van der Waals surface area contributed by atoms with Crippen molar-refractivity contribution in [3.05, 3.63) is 53.7 Å². The standard InChI is InChI=1S/C22H32N2O2S/c1-19(23-11-18-27)22(9-16-25-17-10-22)20-5-7-21(8-6-20)26-15-4-14-24-12-2-3-13-24/h5-8,11,18,23,27H,1-4,9-10,12-17H2/b18-11-. The Morgan fingerprint density at radius 2 is 1.93 bits per heavy atom. The molecule has 2 aliphatic heterocycles. The lowest BCUT2D eigenvalue weighted by Crippen LogP contribution is -2.39. The number of benzene rings is 1. The largest absolute Gasteiger partial charge is 0.494 e. The van der Waals surface area contributed by atoms with Crippen molar-refractivity contribution in [2.45, 2.75) is 37.5 Å². The van der Waals surface area contributed by atoms with Gasteiger partial charge in [0.05, 0.1) is 6.61 Å². The van der Waals surface area contributed by atoms with E-state index in [0.717, 1.165) is 57.1 Å². The number of allylic oxidation sites excluding steroid dienone is 1. The molecule has 1 aromatic rings. The summed E-state index contributed by atoms with van der Waals surface area (Å²) in [4.78, 5) is 2.53. The summed E-state index contributed by atoms with van der Waals surface area (Å²) in [6, 6.07) is 8.53. The molecule has 2 heterocycles. The highest BCUT2D eigenvalue weighted by molar-refractivity contribution is 7.83. The van der Waals surface area contributed by atoms with E-state index in [9.17, 15) is 0 Å². The first kappa shape index (κ1) is 20.3. The van der Waals surface area contributed by atoms with Crippen LogP contribution in [0.2, 0.25) is 0 Å². The van der Waals surface area contributed by atoms with Crippen LogP contribution >= 0.6 is 12.6 Å². The molecule has 148 valence electrons. The minimum atomic E-state index is -0.111. The van der Waals surface area contributed by atoms with Crippen molar-refractivity contribution in [3.63, 3.8) is 0 Å². The maximum atomic E-state index is 5.96. The molecular weight excluding hydrogens is 356 g/mol. The van der Waals surface area contributed by atoms with Crippen LogP contribution in [0.15, 0.2) is 48.1 Å². The molecule has 0 aromatic heterocycles. The second-order valence-corrected chi connectivity index (χ2v) is 7.71. The Kier molecular flexibility index (Phi) is 7.68. The molecule has 0 saturated carbocycles. The van der Waals surface area contributed by atoms with Gasteiger partial charge in [0, 0.05) is 37.1 Å². The smallest absolute Gasteiger partial charge is 0.119 e. The van der Waals surface area contributed by atoms with Crippen LogP contribution in [0, 0.1) is 0 Å². The molecule has 3 rings (SSSR count). The van der Waals surface area contributed by atoms with Crippen LogP contribution in [-0.2, 0) is 10.2 Å². The van der Waals surface area contributed by atoms with E-state index in [1.807, 2.05) is 6.20 Å². The summed E-state index contributed by atoms with van der Waals surface area (Å²) in [5.74, 6) is 0.941. The lowest BCUT2D eigenvalue weighted by atomic mass is 9.72. The third-order valence-electron chi connectivity index (χ3n) is 5.75. The van der Waals surface area contributed by atoms with Crippen LogP contribution in [0.25, 0.3) is 0 Å². The molecule has 2 fully saturated rings. The predicted octanol–water partition coefficient (Wildman–Crippen LogP) is 4.10. The molecule has 0 atom stereocenters. The van der Waals surface area contributed by atoms with Gasteiger partial charge in [0.25, 0.3) is 0 Å². The van der Waals surface area contributed by atoms with E-state index < -0.39 is 0 Å². The zero-order valence-electron chi connectivity index (χ0n) is 16.2. The summed E-state index contributed by atoms with van der Waals surface area (Å²) in [7, 11) is 0. The van der Waals surface area contributed by atoms with Gasteiger partial charge in [-0.15, -0.1) is 12.6 Å². The maximum absolute atomic E-state index is 5.96. The summed E-state index contributed by atoms with van der Waals surface area (Å²) in [6.45, 7) is 10.2. The van der Waals surface area contributed by atoms with Gasteiger partial charge < -0.3 is 19.7 Å². The molecule has 0 radical (unpaired) electrons. The van der Waals surface area contributed by atoms with E-state index in [4.69, 9.17) is 9.47 Å². The SMILES string of the molecule is C=C(N/C=C\S)C1(c2ccc(OCCCN3CCCC3)cc2)CCOCC1. The summed E-state index contributed by atoms with van der Waals surface area (Å²) < 4.78 is 11.6. The fourth-order valence-electron chi connectivity index (χ4n) is 4.12. The monoisotopic (exact) mass is 388 g/mol. The number of thiol groups is 1. The second kappa shape index (κ2) is 10.2. The molecule has 4 nitrogen and oxygen atoms in total. The van der Waals surface area contributed by atoms with E-state index >= 15 is 0 Å². The first-order chi connectivity index (χ1) is 13.2. The zero-order valence-corrected chi connectivity index (χ0v) is 17.1. The van der Waals surface area contributed by atoms with Crippen molar-refractivity contribution in [1.29, 1.82) is 0 Å². The number of rotatable bonds is 9. The quantitative estimate of drug-likeness (QED) is 0.493. The lowest BCUT2D eigenvalue weighted by molar-refractivity contribution is 0.0605. The average Bonchev–Trinajstić information content (AvgIpc) is 3.24. The summed E-state index contributed by atoms with van der Waals surface area (Å²) in [5, 5.41) is 4.97. The Morgan fingerprint density at radius 1 is 1.22 bits per heavy atom. The van der Waals surface area contributed by atoms with E-state index in [1.54, 1.807) is 5.41 Å². The molecule has 1 aromatic carbocycles. The maximum Gasteiger partial charge on any atom is 0.119 e. The highest BCUT2D eigenvalue weighted by Crippen LogP contribution is 2.40. The van der Waals surface area contributed by atoms with Crippen LogP contribution in [0.3, 0.4) is 0 Å². The Balaban J connectivity index is 1.58. The topological polar surface area (TPSA) is 33.7 Å². The van der Waals surface area contributed by atoms with Gasteiger partial charge in [0.15, 0.2) is 0 Å². The molecule has 0 aliphatic carbocycles. The van der Waals surface area contributed by atoms with Crippen molar-refractivity contribution in [3.8, 4) is 5.75 Å². The number of nitrogens with one attached hydrogen (secondary N) is 1. The van der Waals surface area contributed by atoms with Gasteiger partial charge in [-0.25, -0.2) is 0 Å². The van der Waals surface area contributed by atoms with E-state index in [-0.39, 0.29) is 5.41 Å². The molecule has 0 unspecified atom stereocenters. The molecule has 5 heteroatoms. The van der Waals surface area contributed by atoms with Crippen molar-refractivity contribution in [2.75, 3.05) is 39.5 Å². The van der Waals surface area contributed by atoms with Gasteiger partial charge >= 0.3 is 0 Å². The minimum Gasteiger partial charge on any atom is -0.494 e. The van der Waals surface area contributed by atoms with Crippen LogP contribution < -0.4 is 10.1 Å². The Bertz CT molecular complexity index is 618. The molecular formula is C22H32N2O2S. The third kappa shape index (κ3) is 5.31. The highest BCUT2D eigenvalue weighted by atomic mass is 32.1. The Morgan fingerprint density at radius 3 is 2.59 bits per heavy atom. The number of hydrogen-bond donors (Lipinski definition) is 2. The molecule has 27 heavy (non-hydrogen) atoms. The van der Waals surface area contributed by atoms with Gasteiger partial charge in [-0.2, -0.15) is 0 Å². The van der Waals surface area contributed by atoms with Gasteiger partial charge in [-0.3, -0.25) is 0 Å². The molecule has 2 saturated heterocycles. The Hall–Kier alpha value is -1.43. The van der Waals surface area contributed by atoms with Crippen LogP contribution in [0.5, 0.6) is 5.75 Å². The highest BCUT2D eigenvalue weighted by Gasteiger charge is 2.37. The first-order valence-electron chi connectivity index (χ1n) is 10.0. The first-order valence-corrected chi connectivity index (χ1v) is 10.5. The van der Waals surface area contributed by atoms with E-state index in [1.165, 1.54) is 31.5 Å². The normalized spacial score (nSPS) is 20.0. The fourth-order valence-corrected chi connectivity index (χ4v) is 4.19. The molecule has 0 amide bonds. The van der Waals surface area contributed by atoms with Gasteiger partial charge in [-0.1, -0.05) is 18.7 Å². The second-order valence-electron chi connectivity index (χ2n) is 7.41. The Labute approximate surface area is 169 Å². The van der Waals surface area contributed by atoms with Crippen LogP contribution in [-0.4, -0.2) is 44.4 Å². The zero-order chi connectivity index (χ0) is 19.0. The third-order valence-corrected chi connectivity index (χ3v) is 5.90. The number of likely N-dealkylation sites (tertiary alicyclic amines) is 1. The van der Waals surface area contributed by atoms with Crippen molar-refractivity contribution in [1.82, 2.24) is 10.2 Å². The lowest BCUT2D eigenvalue weighted by Gasteiger charge is -2.39. The van der Waals surface area contributed by atoms with Crippen LogP contribution in [0.4, 0.5) is 0 Å². The molecule has 1 N–H and O–H groups in total.